The molecule has 0 aliphatic carbocycles. The van der Waals surface area contributed by atoms with Gasteiger partial charge in [-0.25, -0.2) is 6.07 Å². The van der Waals surface area contributed by atoms with Crippen LogP contribution in [0.2, 0.25) is 0 Å². The predicted octanol–water partition coefficient (Wildman–Crippen LogP) is 3.27. The zero-order valence-corrected chi connectivity index (χ0v) is 7.94. The largest absolute Gasteiger partial charge is 0.207 e. The molecule has 0 heterocycles. The van der Waals surface area contributed by atoms with Crippen molar-refractivity contribution in [2.24, 2.45) is 0 Å². The van der Waals surface area contributed by atoms with Gasteiger partial charge in [0, 0.05) is 0 Å². The summed E-state index contributed by atoms with van der Waals surface area (Å²) in [6.07, 6.45) is 1.15. The van der Waals surface area contributed by atoms with Crippen molar-refractivity contribution in [2.75, 3.05) is 0 Å². The van der Waals surface area contributed by atoms with E-state index in [4.69, 9.17) is 0 Å². The van der Waals surface area contributed by atoms with Gasteiger partial charge in [-0.05, 0) is 0 Å². The Hall–Kier alpha value is -0.650. The summed E-state index contributed by atoms with van der Waals surface area (Å²) in [5.74, 6) is 0. The summed E-state index contributed by atoms with van der Waals surface area (Å²) in [6.45, 7) is 8.95. The highest BCUT2D eigenvalue weighted by Crippen LogP contribution is 2.24. The molecule has 0 aromatic heterocycles. The highest BCUT2D eigenvalue weighted by molar-refractivity contribution is 5.30. The normalized spacial score (nSPS) is 12.0. The molecule has 0 unspecified atom stereocenters. The smallest absolute Gasteiger partial charge is 0.0543 e. The van der Waals surface area contributed by atoms with Gasteiger partial charge in [0.05, 0.1) is 0 Å². The van der Waals surface area contributed by atoms with Crippen LogP contribution in [0.25, 0.3) is 0 Å². The number of rotatable bonds is 1. The molecule has 0 atom stereocenters. The van der Waals surface area contributed by atoms with Gasteiger partial charge in [-0.2, -0.15) is 23.3 Å². The summed E-state index contributed by atoms with van der Waals surface area (Å²) in [7, 11) is 0. The minimum Gasteiger partial charge on any atom is -0.207 e. The lowest BCUT2D eigenvalue weighted by molar-refractivity contribution is 0.592. The van der Waals surface area contributed by atoms with Crippen molar-refractivity contribution in [1.29, 1.82) is 0 Å². The summed E-state index contributed by atoms with van der Waals surface area (Å²) in [4.78, 5) is 0. The van der Waals surface area contributed by atoms with Crippen LogP contribution in [0.15, 0.2) is 18.2 Å². The van der Waals surface area contributed by atoms with E-state index in [0.29, 0.717) is 5.41 Å². The quantitative estimate of drug-likeness (QED) is 0.538. The summed E-state index contributed by atoms with van der Waals surface area (Å²) in [5, 5.41) is 0. The van der Waals surface area contributed by atoms with E-state index < -0.39 is 0 Å². The van der Waals surface area contributed by atoms with Gasteiger partial charge in [-0.1, -0.05) is 39.5 Å². The zero-order chi connectivity index (χ0) is 8.48. The molecule has 0 nitrogen and oxygen atoms in total. The molecule has 0 bridgehead atoms. The average molecular weight is 149 g/mol. The van der Waals surface area contributed by atoms with Gasteiger partial charge >= 0.3 is 0 Å². The van der Waals surface area contributed by atoms with Crippen molar-refractivity contribution >= 4 is 0 Å². The van der Waals surface area contributed by atoms with Crippen molar-refractivity contribution in [3.05, 3.63) is 29.3 Å². The minimum atomic E-state index is 0.313. The van der Waals surface area contributed by atoms with Crippen LogP contribution in [0.5, 0.6) is 0 Å². The monoisotopic (exact) mass is 149 g/mol. The molecule has 0 radical (unpaired) electrons. The van der Waals surface area contributed by atoms with Gasteiger partial charge in [-0.3, -0.25) is 0 Å². The van der Waals surface area contributed by atoms with Crippen molar-refractivity contribution < 1.29 is 0 Å². The molecule has 0 saturated heterocycles. The maximum absolute atomic E-state index is 2.31. The number of hydrogen-bond donors (Lipinski definition) is 0. The van der Waals surface area contributed by atoms with E-state index in [1.165, 1.54) is 11.1 Å². The SMILES string of the molecule is CCc1cc(C(C)(C)C)c[cH-]1. The Morgan fingerprint density at radius 3 is 2.27 bits per heavy atom. The second-order valence-electron chi connectivity index (χ2n) is 4.11. The first-order valence-electron chi connectivity index (χ1n) is 4.30. The Morgan fingerprint density at radius 2 is 2.00 bits per heavy atom. The second-order valence-corrected chi connectivity index (χ2v) is 4.11. The topological polar surface area (TPSA) is 0 Å². The van der Waals surface area contributed by atoms with E-state index >= 15 is 0 Å². The minimum absolute atomic E-state index is 0.313. The van der Waals surface area contributed by atoms with Gasteiger partial charge in [0.15, 0.2) is 0 Å². The predicted molar refractivity (Wildman–Crippen MR) is 50.1 cm³/mol. The standard InChI is InChI=1S/C11H17/c1-5-9-6-7-10(8-9)11(2,3)4/h6-8H,5H2,1-4H3/q-1. The van der Waals surface area contributed by atoms with E-state index in [-0.39, 0.29) is 0 Å². The van der Waals surface area contributed by atoms with Crippen LogP contribution in [0.1, 0.15) is 38.8 Å². The molecule has 0 heteroatoms. The van der Waals surface area contributed by atoms with E-state index in [0.717, 1.165) is 6.42 Å². The molecule has 0 saturated carbocycles. The van der Waals surface area contributed by atoms with Gasteiger partial charge in [0.1, 0.15) is 0 Å². The number of aryl methyl sites for hydroxylation is 1. The lowest BCUT2D eigenvalue weighted by atomic mass is 9.89. The van der Waals surface area contributed by atoms with Crippen LogP contribution in [-0.4, -0.2) is 0 Å². The summed E-state index contributed by atoms with van der Waals surface area (Å²) < 4.78 is 0. The third-order valence-electron chi connectivity index (χ3n) is 2.09. The summed E-state index contributed by atoms with van der Waals surface area (Å²) >= 11 is 0. The molecular weight excluding hydrogens is 132 g/mol. The molecule has 0 spiro atoms. The Labute approximate surface area is 69.6 Å². The third kappa shape index (κ3) is 1.89. The van der Waals surface area contributed by atoms with E-state index in [2.05, 4.69) is 45.9 Å². The molecular formula is C11H17-. The molecule has 1 aromatic carbocycles. The zero-order valence-electron chi connectivity index (χ0n) is 7.94. The number of hydrogen-bond acceptors (Lipinski definition) is 0. The fourth-order valence-electron chi connectivity index (χ4n) is 1.18. The van der Waals surface area contributed by atoms with Crippen molar-refractivity contribution in [3.8, 4) is 0 Å². The first kappa shape index (κ1) is 8.45. The van der Waals surface area contributed by atoms with Gasteiger partial charge in [0.25, 0.3) is 0 Å². The van der Waals surface area contributed by atoms with Crippen LogP contribution in [0.3, 0.4) is 0 Å². The van der Waals surface area contributed by atoms with Crippen molar-refractivity contribution in [3.63, 3.8) is 0 Å². The molecule has 11 heavy (non-hydrogen) atoms. The van der Waals surface area contributed by atoms with Crippen molar-refractivity contribution in [2.45, 2.75) is 39.5 Å². The van der Waals surface area contributed by atoms with Gasteiger partial charge in [-0.15, -0.1) is 0 Å². The Bertz CT molecular complexity index is 222. The average Bonchev–Trinajstić information content (AvgIpc) is 2.32. The lowest BCUT2D eigenvalue weighted by Crippen LogP contribution is -2.08. The molecule has 0 aliphatic heterocycles. The van der Waals surface area contributed by atoms with E-state index in [9.17, 15) is 0 Å². The molecule has 1 rings (SSSR count). The molecule has 0 amide bonds. The first-order chi connectivity index (χ1) is 5.04. The molecule has 62 valence electrons. The van der Waals surface area contributed by atoms with Gasteiger partial charge < -0.3 is 0 Å². The van der Waals surface area contributed by atoms with Gasteiger partial charge in [0.2, 0.25) is 0 Å². The van der Waals surface area contributed by atoms with E-state index in [1.54, 1.807) is 0 Å². The Balaban J connectivity index is 2.89. The summed E-state index contributed by atoms with van der Waals surface area (Å²) in [5.41, 5.74) is 3.22. The van der Waals surface area contributed by atoms with Crippen LogP contribution >= 0.6 is 0 Å². The van der Waals surface area contributed by atoms with Crippen LogP contribution in [-0.2, 0) is 11.8 Å². The fourth-order valence-corrected chi connectivity index (χ4v) is 1.18. The van der Waals surface area contributed by atoms with E-state index in [1.807, 2.05) is 0 Å². The Kier molecular flexibility index (Phi) is 2.12. The maximum Gasteiger partial charge on any atom is -0.0543 e. The van der Waals surface area contributed by atoms with Crippen molar-refractivity contribution in [1.82, 2.24) is 0 Å². The first-order valence-corrected chi connectivity index (χ1v) is 4.30. The highest BCUT2D eigenvalue weighted by Gasteiger charge is 2.06. The third-order valence-corrected chi connectivity index (χ3v) is 2.09. The van der Waals surface area contributed by atoms with Crippen LogP contribution in [0.4, 0.5) is 0 Å². The van der Waals surface area contributed by atoms with Crippen LogP contribution < -0.4 is 0 Å². The maximum atomic E-state index is 2.31. The van der Waals surface area contributed by atoms with Crippen LogP contribution in [0, 0.1) is 0 Å². The Morgan fingerprint density at radius 1 is 1.36 bits per heavy atom. The molecule has 0 aliphatic rings. The molecule has 1 aromatic rings. The second kappa shape index (κ2) is 2.77. The molecule has 0 N–H and O–H groups in total. The highest BCUT2D eigenvalue weighted by atomic mass is 14.2. The molecule has 0 fully saturated rings. The summed E-state index contributed by atoms with van der Waals surface area (Å²) in [6, 6.07) is 6.76. The lowest BCUT2D eigenvalue weighted by Gasteiger charge is -2.23. The fraction of sp³-hybridized carbons (Fsp3) is 0.545.